The van der Waals surface area contributed by atoms with E-state index < -0.39 is 0 Å². The first-order valence-corrected chi connectivity index (χ1v) is 6.31. The minimum atomic E-state index is 0. The molecule has 0 aromatic carbocycles. The van der Waals surface area contributed by atoms with Gasteiger partial charge in [-0.25, -0.2) is 0 Å². The van der Waals surface area contributed by atoms with E-state index in [-0.39, 0.29) is 18.3 Å². The summed E-state index contributed by atoms with van der Waals surface area (Å²) in [6, 6.07) is 0.426. The number of carbonyl (C=O) groups excluding carboxylic acids is 1. The Morgan fingerprint density at radius 1 is 1.65 bits per heavy atom. The number of amides is 1. The fourth-order valence-electron chi connectivity index (χ4n) is 1.93. The van der Waals surface area contributed by atoms with Gasteiger partial charge in [-0.05, 0) is 31.4 Å². The van der Waals surface area contributed by atoms with Crippen molar-refractivity contribution in [1.29, 1.82) is 0 Å². The second-order valence-electron chi connectivity index (χ2n) is 3.93. The summed E-state index contributed by atoms with van der Waals surface area (Å²) in [5, 5.41) is 7.17. The summed E-state index contributed by atoms with van der Waals surface area (Å²) in [4.78, 5) is 14.8. The van der Waals surface area contributed by atoms with Gasteiger partial charge in [-0.1, -0.05) is 11.4 Å². The molecule has 2 rings (SSSR count). The minimum absolute atomic E-state index is 0. The van der Waals surface area contributed by atoms with E-state index in [2.05, 4.69) is 14.9 Å². The van der Waals surface area contributed by atoms with Crippen LogP contribution in [0, 0.1) is 0 Å². The second kappa shape index (κ2) is 6.28. The van der Waals surface area contributed by atoms with Crippen molar-refractivity contribution in [2.75, 3.05) is 20.1 Å². The first kappa shape index (κ1) is 14.3. The van der Waals surface area contributed by atoms with E-state index >= 15 is 0 Å². The largest absolute Gasteiger partial charge is 0.336 e. The van der Waals surface area contributed by atoms with Gasteiger partial charge in [-0.2, -0.15) is 0 Å². The van der Waals surface area contributed by atoms with Crippen molar-refractivity contribution >= 4 is 29.8 Å². The molecular formula is C10H17ClN4OS. The van der Waals surface area contributed by atoms with Gasteiger partial charge in [0.2, 0.25) is 0 Å². The summed E-state index contributed by atoms with van der Waals surface area (Å²) in [6.45, 7) is 3.61. The van der Waals surface area contributed by atoms with Crippen LogP contribution in [-0.2, 0) is 6.42 Å². The lowest BCUT2D eigenvalue weighted by molar-refractivity contribution is 0.0793. The summed E-state index contributed by atoms with van der Waals surface area (Å²) in [5.41, 5.74) is 0.822. The number of halogens is 1. The molecule has 2 heterocycles. The minimum Gasteiger partial charge on any atom is -0.336 e. The number of hydrogen-bond acceptors (Lipinski definition) is 5. The molecule has 1 amide bonds. The summed E-state index contributed by atoms with van der Waals surface area (Å²) in [5.74, 6) is 0.0876. The Hall–Kier alpha value is -0.720. The first-order valence-electron chi connectivity index (χ1n) is 5.54. The highest BCUT2D eigenvalue weighted by Gasteiger charge is 2.28. The molecule has 1 aromatic rings. The van der Waals surface area contributed by atoms with Gasteiger partial charge in [0.25, 0.3) is 5.91 Å². The van der Waals surface area contributed by atoms with Crippen molar-refractivity contribution in [2.45, 2.75) is 25.8 Å². The molecule has 17 heavy (non-hydrogen) atoms. The number of likely N-dealkylation sites (tertiary alicyclic amines) is 1. The molecule has 5 nitrogen and oxygen atoms in total. The van der Waals surface area contributed by atoms with Gasteiger partial charge < -0.3 is 10.2 Å². The Labute approximate surface area is 111 Å². The Bertz CT molecular complexity index is 384. The maximum absolute atomic E-state index is 12.2. The Kier molecular flexibility index (Phi) is 5.30. The summed E-state index contributed by atoms with van der Waals surface area (Å²) >= 11 is 1.21. The molecule has 7 heteroatoms. The third-order valence-corrected chi connectivity index (χ3v) is 3.72. The quantitative estimate of drug-likeness (QED) is 0.893. The SMILES string of the molecule is CCc1nnsc1C(=O)N1CCC(NC)C1.Cl. The van der Waals surface area contributed by atoms with Gasteiger partial charge in [0.15, 0.2) is 0 Å². The van der Waals surface area contributed by atoms with E-state index in [1.807, 2.05) is 18.9 Å². The Morgan fingerprint density at radius 2 is 2.41 bits per heavy atom. The fraction of sp³-hybridized carbons (Fsp3) is 0.700. The monoisotopic (exact) mass is 276 g/mol. The molecule has 1 aliphatic heterocycles. The van der Waals surface area contributed by atoms with Crippen LogP contribution in [0.3, 0.4) is 0 Å². The molecule has 0 saturated carbocycles. The van der Waals surface area contributed by atoms with Crippen LogP contribution in [0.15, 0.2) is 0 Å². The lowest BCUT2D eigenvalue weighted by atomic mass is 10.3. The summed E-state index contributed by atoms with van der Waals surface area (Å²) in [6.07, 6.45) is 1.79. The lowest BCUT2D eigenvalue weighted by Gasteiger charge is -2.15. The maximum Gasteiger partial charge on any atom is 0.267 e. The molecule has 1 aromatic heterocycles. The normalized spacial score (nSPS) is 19.2. The zero-order valence-electron chi connectivity index (χ0n) is 9.97. The number of aryl methyl sites for hydroxylation is 1. The average molecular weight is 277 g/mol. The number of likely N-dealkylation sites (N-methyl/N-ethyl adjacent to an activating group) is 1. The summed E-state index contributed by atoms with van der Waals surface area (Å²) < 4.78 is 3.85. The molecule has 0 bridgehead atoms. The van der Waals surface area contributed by atoms with Crippen LogP contribution in [0.4, 0.5) is 0 Å². The lowest BCUT2D eigenvalue weighted by Crippen LogP contribution is -2.33. The van der Waals surface area contributed by atoms with Gasteiger partial charge in [-0.3, -0.25) is 4.79 Å². The van der Waals surface area contributed by atoms with Crippen molar-refractivity contribution in [1.82, 2.24) is 19.8 Å². The number of carbonyl (C=O) groups is 1. The van der Waals surface area contributed by atoms with Gasteiger partial charge in [0.05, 0.1) is 5.69 Å². The van der Waals surface area contributed by atoms with Crippen molar-refractivity contribution in [3.05, 3.63) is 10.6 Å². The number of rotatable bonds is 3. The molecule has 0 radical (unpaired) electrons. The van der Waals surface area contributed by atoms with Crippen LogP contribution in [-0.4, -0.2) is 46.6 Å². The van der Waals surface area contributed by atoms with Crippen LogP contribution in [0.1, 0.15) is 28.7 Å². The maximum atomic E-state index is 12.2. The van der Waals surface area contributed by atoms with Crippen LogP contribution in [0.2, 0.25) is 0 Å². The molecule has 0 spiro atoms. The third-order valence-electron chi connectivity index (χ3n) is 2.97. The molecule has 1 fully saturated rings. The van der Waals surface area contributed by atoms with E-state index in [1.165, 1.54) is 11.5 Å². The molecule has 1 N–H and O–H groups in total. The average Bonchev–Trinajstić information content (AvgIpc) is 2.96. The third kappa shape index (κ3) is 2.94. The predicted molar refractivity (Wildman–Crippen MR) is 69.9 cm³/mol. The van der Waals surface area contributed by atoms with E-state index in [9.17, 15) is 4.79 Å². The van der Waals surface area contributed by atoms with Crippen LogP contribution in [0.25, 0.3) is 0 Å². The topological polar surface area (TPSA) is 58.1 Å². The predicted octanol–water partition coefficient (Wildman–Crippen LogP) is 0.956. The van der Waals surface area contributed by atoms with Crippen molar-refractivity contribution < 1.29 is 4.79 Å². The zero-order chi connectivity index (χ0) is 11.5. The first-order chi connectivity index (χ1) is 7.76. The Morgan fingerprint density at radius 3 is 3.00 bits per heavy atom. The highest BCUT2D eigenvalue weighted by Crippen LogP contribution is 2.18. The van der Waals surface area contributed by atoms with Crippen LogP contribution >= 0.6 is 23.9 Å². The zero-order valence-corrected chi connectivity index (χ0v) is 11.6. The molecule has 1 atom stereocenters. The van der Waals surface area contributed by atoms with Crippen LogP contribution < -0.4 is 5.32 Å². The van der Waals surface area contributed by atoms with Gasteiger partial charge in [-0.15, -0.1) is 17.5 Å². The summed E-state index contributed by atoms with van der Waals surface area (Å²) in [7, 11) is 1.93. The van der Waals surface area contributed by atoms with E-state index in [0.29, 0.717) is 10.9 Å². The molecule has 1 unspecified atom stereocenters. The highest BCUT2D eigenvalue weighted by atomic mass is 35.5. The van der Waals surface area contributed by atoms with Crippen molar-refractivity contribution in [3.8, 4) is 0 Å². The molecule has 1 saturated heterocycles. The van der Waals surface area contributed by atoms with E-state index in [1.54, 1.807) is 0 Å². The number of nitrogens with zero attached hydrogens (tertiary/aromatic N) is 3. The van der Waals surface area contributed by atoms with E-state index in [0.717, 1.165) is 31.6 Å². The standard InChI is InChI=1S/C10H16N4OS.ClH/c1-3-8-9(16-13-12-8)10(15)14-5-4-7(6-14)11-2;/h7,11H,3-6H2,1-2H3;1H. The molecule has 0 aliphatic carbocycles. The molecule has 96 valence electrons. The second-order valence-corrected chi connectivity index (χ2v) is 4.68. The van der Waals surface area contributed by atoms with Gasteiger partial charge in [0, 0.05) is 19.1 Å². The number of nitrogens with one attached hydrogen (secondary N) is 1. The van der Waals surface area contributed by atoms with E-state index in [4.69, 9.17) is 0 Å². The van der Waals surface area contributed by atoms with Gasteiger partial charge in [0.1, 0.15) is 4.88 Å². The number of aromatic nitrogens is 2. The Balaban J connectivity index is 0.00000144. The van der Waals surface area contributed by atoms with Crippen molar-refractivity contribution in [2.24, 2.45) is 0 Å². The number of hydrogen-bond donors (Lipinski definition) is 1. The van der Waals surface area contributed by atoms with Crippen LogP contribution in [0.5, 0.6) is 0 Å². The molecule has 1 aliphatic rings. The smallest absolute Gasteiger partial charge is 0.267 e. The highest BCUT2D eigenvalue weighted by molar-refractivity contribution is 7.08. The van der Waals surface area contributed by atoms with Gasteiger partial charge >= 0.3 is 0 Å². The van der Waals surface area contributed by atoms with Crippen molar-refractivity contribution in [3.63, 3.8) is 0 Å². The molecular weight excluding hydrogens is 260 g/mol. The fourth-order valence-corrected chi connectivity index (χ4v) is 2.65.